The summed E-state index contributed by atoms with van der Waals surface area (Å²) in [5, 5.41) is 6.69. The Hall–Kier alpha value is -2.39. The molecule has 2 aliphatic heterocycles. The quantitative estimate of drug-likeness (QED) is 0.765. The number of hydrogen-bond donors (Lipinski definition) is 1. The lowest BCUT2D eigenvalue weighted by molar-refractivity contribution is -0.0490. The molecule has 0 aromatic carbocycles. The number of hydrogen-bond acceptors (Lipinski definition) is 4. The van der Waals surface area contributed by atoms with Crippen LogP contribution >= 0.6 is 0 Å². The molecule has 4 amide bonds. The molecule has 1 N–H and O–H groups in total. The number of halogens is 2. The molecular weight excluding hydrogens is 384 g/mol. The average Bonchev–Trinajstić information content (AvgIpc) is 2.97. The van der Waals surface area contributed by atoms with Gasteiger partial charge in [0.25, 0.3) is 5.92 Å². The van der Waals surface area contributed by atoms with E-state index in [9.17, 15) is 18.4 Å². The van der Waals surface area contributed by atoms with E-state index in [0.717, 1.165) is 5.69 Å². The molecule has 0 atom stereocenters. The molecule has 0 radical (unpaired) electrons. The van der Waals surface area contributed by atoms with E-state index >= 15 is 0 Å². The summed E-state index contributed by atoms with van der Waals surface area (Å²) < 4.78 is 31.8. The number of anilines is 1. The zero-order valence-electron chi connectivity index (χ0n) is 17.2. The van der Waals surface area contributed by atoms with Crippen LogP contribution in [0.15, 0.2) is 10.6 Å². The molecule has 8 nitrogen and oxygen atoms in total. The molecule has 10 heteroatoms. The van der Waals surface area contributed by atoms with E-state index in [4.69, 9.17) is 4.52 Å². The van der Waals surface area contributed by atoms with Crippen LogP contribution in [0.1, 0.15) is 45.7 Å². The summed E-state index contributed by atoms with van der Waals surface area (Å²) in [6.45, 7) is 7.84. The molecule has 162 valence electrons. The third-order valence-electron chi connectivity index (χ3n) is 5.33. The van der Waals surface area contributed by atoms with Crippen molar-refractivity contribution in [2.45, 2.75) is 51.4 Å². The van der Waals surface area contributed by atoms with Crippen molar-refractivity contribution >= 4 is 17.9 Å². The smallest absolute Gasteiger partial charge is 0.324 e. The van der Waals surface area contributed by atoms with Gasteiger partial charge in [-0.3, -0.25) is 5.32 Å². The van der Waals surface area contributed by atoms with Gasteiger partial charge in [-0.15, -0.1) is 0 Å². The molecule has 0 saturated carbocycles. The summed E-state index contributed by atoms with van der Waals surface area (Å²) in [5.41, 5.74) is 0.557. The second-order valence-electron chi connectivity index (χ2n) is 8.71. The highest BCUT2D eigenvalue weighted by Gasteiger charge is 2.37. The number of nitrogens with zero attached hydrogens (tertiary/aromatic N) is 4. The Morgan fingerprint density at radius 2 is 1.62 bits per heavy atom. The Kier molecular flexibility index (Phi) is 6.00. The van der Waals surface area contributed by atoms with E-state index in [-0.39, 0.29) is 49.3 Å². The minimum absolute atomic E-state index is 0.0636. The molecule has 3 heterocycles. The van der Waals surface area contributed by atoms with Crippen LogP contribution in [0.2, 0.25) is 0 Å². The lowest BCUT2D eigenvalue weighted by Gasteiger charge is -2.35. The topological polar surface area (TPSA) is 81.9 Å². The van der Waals surface area contributed by atoms with Gasteiger partial charge in [-0.05, 0) is 6.42 Å². The zero-order chi connectivity index (χ0) is 21.2. The van der Waals surface area contributed by atoms with Crippen LogP contribution in [0.5, 0.6) is 0 Å². The van der Waals surface area contributed by atoms with Gasteiger partial charge in [0.2, 0.25) is 5.88 Å². The predicted molar refractivity (Wildman–Crippen MR) is 103 cm³/mol. The standard InChI is InChI=1S/C19H29F2N5O3/c1-18(2,3)14-13-15(29-23-14)22-16(27)24-7-4-8-25(12-11-24)17(28)26-9-5-19(20,21)6-10-26/h13H,4-12H2,1-3H3,(H,22,27). The monoisotopic (exact) mass is 413 g/mol. The predicted octanol–water partition coefficient (Wildman–Crippen LogP) is 3.36. The van der Waals surface area contributed by atoms with Crippen LogP contribution < -0.4 is 5.32 Å². The SMILES string of the molecule is CC(C)(C)c1cc(NC(=O)N2CCCN(C(=O)N3CCC(F)(F)CC3)CC2)on1. The first-order valence-electron chi connectivity index (χ1n) is 10.00. The molecular formula is C19H29F2N5O3. The number of nitrogens with one attached hydrogen (secondary N) is 1. The summed E-state index contributed by atoms with van der Waals surface area (Å²) in [6, 6.07) is 1.17. The first-order chi connectivity index (χ1) is 13.5. The van der Waals surface area contributed by atoms with Crippen molar-refractivity contribution in [3.8, 4) is 0 Å². The minimum atomic E-state index is -2.68. The number of urea groups is 2. The van der Waals surface area contributed by atoms with E-state index in [1.807, 2.05) is 20.8 Å². The number of alkyl halides is 2. The van der Waals surface area contributed by atoms with Gasteiger partial charge in [0.05, 0.1) is 5.69 Å². The normalized spacial score (nSPS) is 20.4. The van der Waals surface area contributed by atoms with Gasteiger partial charge in [0.1, 0.15) is 0 Å². The van der Waals surface area contributed by atoms with Crippen LogP contribution in [0, 0.1) is 0 Å². The second kappa shape index (κ2) is 8.16. The van der Waals surface area contributed by atoms with E-state index in [1.54, 1.807) is 15.9 Å². The summed E-state index contributed by atoms with van der Waals surface area (Å²) in [5.74, 6) is -2.40. The van der Waals surface area contributed by atoms with Gasteiger partial charge < -0.3 is 19.2 Å². The van der Waals surface area contributed by atoms with E-state index < -0.39 is 5.92 Å². The van der Waals surface area contributed by atoms with Gasteiger partial charge in [-0.2, -0.15) is 0 Å². The van der Waals surface area contributed by atoms with E-state index in [0.29, 0.717) is 32.6 Å². The number of carbonyl (C=O) groups excluding carboxylic acids is 2. The van der Waals surface area contributed by atoms with Crippen LogP contribution in [0.25, 0.3) is 0 Å². The van der Waals surface area contributed by atoms with Gasteiger partial charge in [-0.25, -0.2) is 18.4 Å². The number of rotatable bonds is 1. The maximum atomic E-state index is 13.3. The minimum Gasteiger partial charge on any atom is -0.338 e. The number of aromatic nitrogens is 1. The Labute approximate surface area is 169 Å². The molecule has 1 aromatic rings. The fourth-order valence-corrected chi connectivity index (χ4v) is 3.41. The lowest BCUT2D eigenvalue weighted by atomic mass is 9.92. The third kappa shape index (κ3) is 5.36. The van der Waals surface area contributed by atoms with Crippen molar-refractivity contribution in [3.05, 3.63) is 11.8 Å². The molecule has 0 unspecified atom stereocenters. The van der Waals surface area contributed by atoms with Crippen molar-refractivity contribution in [1.29, 1.82) is 0 Å². The number of piperidine rings is 1. The van der Waals surface area contributed by atoms with Crippen molar-refractivity contribution in [1.82, 2.24) is 19.9 Å². The highest BCUT2D eigenvalue weighted by atomic mass is 19.3. The number of likely N-dealkylation sites (tertiary alicyclic amines) is 1. The number of carbonyl (C=O) groups is 2. The average molecular weight is 413 g/mol. The second-order valence-corrected chi connectivity index (χ2v) is 8.71. The van der Waals surface area contributed by atoms with E-state index in [2.05, 4.69) is 10.5 Å². The van der Waals surface area contributed by atoms with Crippen LogP contribution in [0.4, 0.5) is 24.3 Å². The summed E-state index contributed by atoms with van der Waals surface area (Å²) in [4.78, 5) is 30.0. The molecule has 2 fully saturated rings. The first kappa shape index (κ1) is 21.3. The first-order valence-corrected chi connectivity index (χ1v) is 10.00. The Morgan fingerprint density at radius 1 is 1.03 bits per heavy atom. The van der Waals surface area contributed by atoms with Crippen molar-refractivity contribution in [3.63, 3.8) is 0 Å². The van der Waals surface area contributed by atoms with Gasteiger partial charge in [0, 0.05) is 63.6 Å². The van der Waals surface area contributed by atoms with Crippen LogP contribution in [0.3, 0.4) is 0 Å². The largest absolute Gasteiger partial charge is 0.338 e. The van der Waals surface area contributed by atoms with Crippen molar-refractivity contribution in [2.75, 3.05) is 44.6 Å². The fourth-order valence-electron chi connectivity index (χ4n) is 3.41. The number of amides is 4. The molecule has 29 heavy (non-hydrogen) atoms. The third-order valence-corrected chi connectivity index (χ3v) is 5.33. The molecule has 0 aliphatic carbocycles. The van der Waals surface area contributed by atoms with Gasteiger partial charge in [-0.1, -0.05) is 25.9 Å². The summed E-state index contributed by atoms with van der Waals surface area (Å²) in [6.07, 6.45) is 0.0243. The molecule has 3 rings (SSSR count). The molecule has 2 aliphatic rings. The van der Waals surface area contributed by atoms with Crippen molar-refractivity contribution in [2.24, 2.45) is 0 Å². The Bertz CT molecular complexity index is 736. The molecule has 0 bridgehead atoms. The summed E-state index contributed by atoms with van der Waals surface area (Å²) >= 11 is 0. The van der Waals surface area contributed by atoms with Gasteiger partial charge in [0.15, 0.2) is 0 Å². The van der Waals surface area contributed by atoms with Gasteiger partial charge >= 0.3 is 12.1 Å². The maximum absolute atomic E-state index is 13.3. The van der Waals surface area contributed by atoms with E-state index in [1.165, 1.54) is 4.90 Å². The molecule has 2 saturated heterocycles. The maximum Gasteiger partial charge on any atom is 0.324 e. The highest BCUT2D eigenvalue weighted by Crippen LogP contribution is 2.28. The Balaban J connectivity index is 1.52. The highest BCUT2D eigenvalue weighted by molar-refractivity contribution is 5.88. The van der Waals surface area contributed by atoms with Crippen molar-refractivity contribution < 1.29 is 22.9 Å². The fraction of sp³-hybridized carbons (Fsp3) is 0.737. The zero-order valence-corrected chi connectivity index (χ0v) is 17.2. The molecule has 1 aromatic heterocycles. The van der Waals surface area contributed by atoms with Crippen LogP contribution in [-0.2, 0) is 5.41 Å². The summed E-state index contributed by atoms with van der Waals surface area (Å²) in [7, 11) is 0. The lowest BCUT2D eigenvalue weighted by Crippen LogP contribution is -2.50. The van der Waals surface area contributed by atoms with Crippen LogP contribution in [-0.4, -0.2) is 77.1 Å². The Morgan fingerprint density at radius 3 is 2.24 bits per heavy atom. The molecule has 0 spiro atoms.